The third-order valence-electron chi connectivity index (χ3n) is 8.13. The quantitative estimate of drug-likeness (QED) is 0.113. The van der Waals surface area contributed by atoms with Crippen molar-refractivity contribution >= 4 is 38.9 Å². The lowest BCUT2D eigenvalue weighted by molar-refractivity contribution is -0.156. The van der Waals surface area contributed by atoms with Gasteiger partial charge in [-0.3, -0.25) is 4.79 Å². The maximum Gasteiger partial charge on any atom is 0.407 e. The Labute approximate surface area is 293 Å². The molecule has 0 aliphatic heterocycles. The molecule has 0 bridgehead atoms. The third kappa shape index (κ3) is 9.30. The molecular weight excluding hydrogens is 692 g/mol. The van der Waals surface area contributed by atoms with Gasteiger partial charge in [-0.1, -0.05) is 74.5 Å². The van der Waals surface area contributed by atoms with Crippen LogP contribution >= 0.6 is 11.3 Å². The summed E-state index contributed by atoms with van der Waals surface area (Å²) >= 11 is 0.673. The van der Waals surface area contributed by atoms with E-state index >= 15 is 0 Å². The zero-order chi connectivity index (χ0) is 36.6. The van der Waals surface area contributed by atoms with Crippen LogP contribution in [0.3, 0.4) is 0 Å². The summed E-state index contributed by atoms with van der Waals surface area (Å²) in [5.74, 6) is -4.24. The number of benzene rings is 3. The van der Waals surface area contributed by atoms with Crippen molar-refractivity contribution in [3.63, 3.8) is 0 Å². The van der Waals surface area contributed by atoms with Crippen molar-refractivity contribution in [2.24, 2.45) is 5.92 Å². The molecule has 0 saturated carbocycles. The fourth-order valence-electron chi connectivity index (χ4n) is 5.73. The van der Waals surface area contributed by atoms with E-state index in [1.165, 1.54) is 36.4 Å². The van der Waals surface area contributed by atoms with Crippen LogP contribution in [0.5, 0.6) is 0 Å². The van der Waals surface area contributed by atoms with Crippen molar-refractivity contribution < 1.29 is 41.0 Å². The molecule has 0 radical (unpaired) electrons. The largest absolute Gasteiger partial charge is 0.453 e. The van der Waals surface area contributed by atoms with Crippen molar-refractivity contribution in [1.29, 1.82) is 0 Å². The van der Waals surface area contributed by atoms with E-state index in [4.69, 9.17) is 10.5 Å². The molecule has 0 aliphatic carbocycles. The Balaban J connectivity index is 1.73. The molecule has 0 fully saturated rings. The van der Waals surface area contributed by atoms with Gasteiger partial charge >= 0.3 is 12.3 Å². The molecule has 0 spiro atoms. The molecule has 1 heterocycles. The summed E-state index contributed by atoms with van der Waals surface area (Å²) in [5, 5.41) is 13.0. The number of amides is 1. The minimum Gasteiger partial charge on any atom is -0.453 e. The number of nitrogen functional groups attached to an aromatic ring is 1. The van der Waals surface area contributed by atoms with E-state index in [0.717, 1.165) is 11.4 Å². The number of hydrogen-bond donors (Lipinski definition) is 3. The van der Waals surface area contributed by atoms with Gasteiger partial charge < -0.3 is 20.9 Å². The summed E-state index contributed by atoms with van der Waals surface area (Å²) in [5.41, 5.74) is 7.27. The molecule has 0 unspecified atom stereocenters. The van der Waals surface area contributed by atoms with Crippen LogP contribution in [0.2, 0.25) is 0 Å². The number of aliphatic hydroxyl groups excluding tert-OH is 1. The van der Waals surface area contributed by atoms with Gasteiger partial charge in [0.15, 0.2) is 5.78 Å². The standard InChI is InChI=1S/C36H40F3N3O6S2/c1-23(2)21-42(50(46,47)27-16-14-26(40)15-17-27)29(22-43)32-19-18-31(49-32)28(36(37,38)39)20-30(44)34(41-35(45)48-3)33(24-10-6-4-7-11-24)25-12-8-5-9-13-25/h4-19,23,28-29,33-34,43H,20-22,40H2,1-3H3,(H,41,45)/t28-,29-,34-/m1/s1. The van der Waals surface area contributed by atoms with Crippen molar-refractivity contribution in [3.05, 3.63) is 118 Å². The van der Waals surface area contributed by atoms with Gasteiger partial charge in [-0.2, -0.15) is 17.5 Å². The zero-order valence-corrected chi connectivity index (χ0v) is 29.3. The van der Waals surface area contributed by atoms with Crippen LogP contribution in [-0.4, -0.2) is 62.2 Å². The number of nitrogens with one attached hydrogen (secondary N) is 1. The predicted octanol–water partition coefficient (Wildman–Crippen LogP) is 6.87. The summed E-state index contributed by atoms with van der Waals surface area (Å²) in [4.78, 5) is 26.4. The minimum atomic E-state index is -4.90. The number of methoxy groups -OCH3 is 1. The van der Waals surface area contributed by atoms with Gasteiger partial charge in [0, 0.05) is 34.3 Å². The molecule has 268 valence electrons. The van der Waals surface area contributed by atoms with Crippen molar-refractivity contribution in [2.45, 2.75) is 55.3 Å². The highest BCUT2D eigenvalue weighted by atomic mass is 32.2. The first kappa shape index (κ1) is 38.6. The van der Waals surface area contributed by atoms with Crippen LogP contribution in [0.15, 0.2) is 102 Å². The number of nitrogens with two attached hydrogens (primary N) is 1. The first-order chi connectivity index (χ1) is 23.7. The average molecular weight is 732 g/mol. The molecule has 9 nitrogen and oxygen atoms in total. The van der Waals surface area contributed by atoms with E-state index in [1.54, 1.807) is 74.5 Å². The Bertz CT molecular complexity index is 1780. The lowest BCUT2D eigenvalue weighted by Crippen LogP contribution is -2.46. The number of carbonyl (C=O) groups excluding carboxylic acids is 2. The number of sulfonamides is 1. The number of ketones is 1. The van der Waals surface area contributed by atoms with Gasteiger partial charge in [-0.25, -0.2) is 13.2 Å². The number of aliphatic hydroxyl groups is 1. The third-order valence-corrected chi connectivity index (χ3v) is 11.3. The van der Waals surface area contributed by atoms with E-state index in [9.17, 15) is 36.3 Å². The number of thiophene rings is 1. The highest BCUT2D eigenvalue weighted by Crippen LogP contribution is 2.44. The Morgan fingerprint density at radius 1 is 0.900 bits per heavy atom. The highest BCUT2D eigenvalue weighted by Gasteiger charge is 2.46. The van der Waals surface area contributed by atoms with Gasteiger partial charge in [-0.15, -0.1) is 11.3 Å². The molecule has 0 saturated heterocycles. The Morgan fingerprint density at radius 2 is 1.44 bits per heavy atom. The predicted molar refractivity (Wildman–Crippen MR) is 186 cm³/mol. The van der Waals surface area contributed by atoms with Gasteiger partial charge in [0.2, 0.25) is 10.0 Å². The van der Waals surface area contributed by atoms with Gasteiger partial charge in [0.25, 0.3) is 0 Å². The zero-order valence-electron chi connectivity index (χ0n) is 27.7. The first-order valence-corrected chi connectivity index (χ1v) is 18.0. The van der Waals surface area contributed by atoms with E-state index < -0.39 is 65.0 Å². The SMILES string of the molecule is COC(=O)N[C@H](C(=O)C[C@H](c1ccc([C@@H](CO)N(CC(C)C)S(=O)(=O)c2ccc(N)cc2)s1)C(F)(F)F)C(c1ccccc1)c1ccccc1. The van der Waals surface area contributed by atoms with Gasteiger partial charge in [0.05, 0.1) is 30.6 Å². The molecule has 4 N–H and O–H groups in total. The Kier molecular flexibility index (Phi) is 12.8. The van der Waals surface area contributed by atoms with Crippen LogP contribution in [0, 0.1) is 5.92 Å². The van der Waals surface area contributed by atoms with Crippen molar-refractivity contribution in [1.82, 2.24) is 9.62 Å². The van der Waals surface area contributed by atoms with E-state index in [0.29, 0.717) is 28.2 Å². The topological polar surface area (TPSA) is 139 Å². The summed E-state index contributed by atoms with van der Waals surface area (Å²) in [6, 6.07) is 22.7. The normalized spacial score (nSPS) is 14.0. The number of Topliss-reactive ketones (excluding diaryl/α,β-unsaturated/α-hetero) is 1. The molecule has 50 heavy (non-hydrogen) atoms. The average Bonchev–Trinajstić information content (AvgIpc) is 3.56. The second-order valence-corrected chi connectivity index (χ2v) is 15.2. The van der Waals surface area contributed by atoms with Crippen LogP contribution in [-0.2, 0) is 19.6 Å². The molecule has 3 aromatic carbocycles. The summed E-state index contributed by atoms with van der Waals surface area (Å²) in [7, 11) is -3.13. The molecule has 4 rings (SSSR count). The van der Waals surface area contributed by atoms with Crippen LogP contribution in [0.4, 0.5) is 23.7 Å². The molecule has 4 aromatic rings. The lowest BCUT2D eigenvalue weighted by Gasteiger charge is -2.31. The number of nitrogens with zero attached hydrogens (tertiary/aromatic N) is 1. The summed E-state index contributed by atoms with van der Waals surface area (Å²) in [6.07, 6.45) is -6.91. The molecule has 14 heteroatoms. The van der Waals surface area contributed by atoms with Crippen molar-refractivity contribution in [3.8, 4) is 0 Å². The highest BCUT2D eigenvalue weighted by molar-refractivity contribution is 7.89. The molecule has 1 amide bonds. The molecule has 1 aromatic heterocycles. The smallest absolute Gasteiger partial charge is 0.407 e. The number of alkyl halides is 3. The second kappa shape index (κ2) is 16.6. The number of alkyl carbamates (subject to hydrolysis) is 1. The fraction of sp³-hybridized carbons (Fsp3) is 0.333. The molecular formula is C36H40F3N3O6S2. The van der Waals surface area contributed by atoms with Crippen LogP contribution in [0.25, 0.3) is 0 Å². The number of ether oxygens (including phenoxy) is 1. The minimum absolute atomic E-state index is 0.0341. The van der Waals surface area contributed by atoms with E-state index in [-0.39, 0.29) is 27.1 Å². The van der Waals surface area contributed by atoms with E-state index in [2.05, 4.69) is 5.32 Å². The Hall–Kier alpha value is -4.24. The number of hydrogen-bond acceptors (Lipinski definition) is 8. The molecule has 0 aliphatic rings. The van der Waals surface area contributed by atoms with Crippen molar-refractivity contribution in [2.75, 3.05) is 26.0 Å². The maximum absolute atomic E-state index is 14.8. The number of carbonyl (C=O) groups is 2. The van der Waals surface area contributed by atoms with Crippen LogP contribution < -0.4 is 11.1 Å². The van der Waals surface area contributed by atoms with E-state index in [1.807, 2.05) is 0 Å². The molecule has 3 atom stereocenters. The summed E-state index contributed by atoms with van der Waals surface area (Å²) in [6.45, 7) is 2.81. The number of halogens is 3. The van der Waals surface area contributed by atoms with Gasteiger partial charge in [0.1, 0.15) is 6.04 Å². The Morgan fingerprint density at radius 3 is 1.92 bits per heavy atom. The maximum atomic E-state index is 14.8. The second-order valence-electron chi connectivity index (χ2n) is 12.2. The lowest BCUT2D eigenvalue weighted by atomic mass is 9.81. The van der Waals surface area contributed by atoms with Gasteiger partial charge in [-0.05, 0) is 53.4 Å². The number of rotatable bonds is 15. The number of anilines is 1. The monoisotopic (exact) mass is 731 g/mol. The summed E-state index contributed by atoms with van der Waals surface area (Å²) < 4.78 is 78.0. The van der Waals surface area contributed by atoms with Crippen LogP contribution in [0.1, 0.15) is 59.0 Å². The first-order valence-electron chi connectivity index (χ1n) is 15.8. The fourth-order valence-corrected chi connectivity index (χ4v) is 8.79.